The van der Waals surface area contributed by atoms with Gasteiger partial charge in [-0.2, -0.15) is 0 Å². The minimum absolute atomic E-state index is 0.0336. The molecule has 0 aliphatic carbocycles. The summed E-state index contributed by atoms with van der Waals surface area (Å²) in [6.07, 6.45) is 0.518. The number of hydrogen-bond donors (Lipinski definition) is 2. The van der Waals surface area contributed by atoms with Crippen LogP contribution in [0.5, 0.6) is 5.75 Å². The second kappa shape index (κ2) is 6.43. The molecule has 7 heteroatoms. The minimum atomic E-state index is -0.515. The van der Waals surface area contributed by atoms with Crippen LogP contribution in [0.25, 0.3) is 0 Å². The lowest BCUT2D eigenvalue weighted by atomic mass is 9.88. The van der Waals surface area contributed by atoms with Crippen molar-refractivity contribution < 1.29 is 14.9 Å². The molecule has 0 amide bonds. The maximum Gasteiger partial charge on any atom is 0.276 e. The second-order valence-corrected chi connectivity index (χ2v) is 5.63. The molecule has 116 valence electrons. The lowest BCUT2D eigenvalue weighted by Crippen LogP contribution is -2.33. The van der Waals surface area contributed by atoms with E-state index >= 15 is 0 Å². The summed E-state index contributed by atoms with van der Waals surface area (Å²) in [6.45, 7) is 7.49. The first-order valence-electron chi connectivity index (χ1n) is 6.55. The number of nitrogens with two attached hydrogens (primary N) is 1. The quantitative estimate of drug-likeness (QED) is 0.275. The number of amidine groups is 1. The van der Waals surface area contributed by atoms with Crippen molar-refractivity contribution >= 4 is 11.5 Å². The fraction of sp³-hybridized carbons (Fsp3) is 0.500. The number of ether oxygens (including phenoxy) is 1. The third-order valence-corrected chi connectivity index (χ3v) is 3.48. The molecule has 7 nitrogen and oxygen atoms in total. The van der Waals surface area contributed by atoms with Crippen molar-refractivity contribution in [1.29, 1.82) is 0 Å². The van der Waals surface area contributed by atoms with Crippen molar-refractivity contribution in [3.63, 3.8) is 0 Å². The Morgan fingerprint density at radius 1 is 1.43 bits per heavy atom. The first-order chi connectivity index (χ1) is 9.69. The first kappa shape index (κ1) is 16.7. The summed E-state index contributed by atoms with van der Waals surface area (Å²) in [7, 11) is 0. The molecule has 21 heavy (non-hydrogen) atoms. The van der Waals surface area contributed by atoms with E-state index in [2.05, 4.69) is 5.16 Å². The Labute approximate surface area is 123 Å². The van der Waals surface area contributed by atoms with E-state index in [1.807, 2.05) is 20.8 Å². The highest BCUT2D eigenvalue weighted by Crippen LogP contribution is 2.29. The van der Waals surface area contributed by atoms with Crippen molar-refractivity contribution in [2.24, 2.45) is 16.3 Å². The summed E-state index contributed by atoms with van der Waals surface area (Å²) >= 11 is 0. The SMILES string of the molecule is Cc1cc(C)c([N+](=O)[O-])cc1OCCC(C)(C)/C(N)=N/O. The van der Waals surface area contributed by atoms with Gasteiger partial charge in [0.25, 0.3) is 5.69 Å². The van der Waals surface area contributed by atoms with Crippen LogP contribution >= 0.6 is 0 Å². The zero-order chi connectivity index (χ0) is 16.2. The van der Waals surface area contributed by atoms with Crippen LogP contribution in [0.4, 0.5) is 5.69 Å². The molecule has 0 atom stereocenters. The average Bonchev–Trinajstić information content (AvgIpc) is 2.39. The van der Waals surface area contributed by atoms with Crippen LogP contribution in [-0.2, 0) is 0 Å². The third kappa shape index (κ3) is 4.08. The van der Waals surface area contributed by atoms with Crippen LogP contribution in [0.3, 0.4) is 0 Å². The van der Waals surface area contributed by atoms with E-state index in [-0.39, 0.29) is 11.5 Å². The number of rotatable bonds is 6. The van der Waals surface area contributed by atoms with E-state index in [0.29, 0.717) is 24.3 Å². The molecule has 0 aliphatic rings. The zero-order valence-electron chi connectivity index (χ0n) is 12.7. The van der Waals surface area contributed by atoms with E-state index in [1.54, 1.807) is 13.0 Å². The molecule has 0 spiro atoms. The van der Waals surface area contributed by atoms with Crippen molar-refractivity contribution in [1.82, 2.24) is 0 Å². The maximum atomic E-state index is 10.9. The highest BCUT2D eigenvalue weighted by molar-refractivity contribution is 5.85. The monoisotopic (exact) mass is 295 g/mol. The Morgan fingerprint density at radius 3 is 2.57 bits per heavy atom. The van der Waals surface area contributed by atoms with Crippen molar-refractivity contribution in [2.75, 3.05) is 6.61 Å². The number of oxime groups is 1. The summed E-state index contributed by atoms with van der Waals surface area (Å²) in [6, 6.07) is 3.16. The van der Waals surface area contributed by atoms with Crippen molar-refractivity contribution in [3.8, 4) is 5.75 Å². The Bertz CT molecular complexity index is 568. The smallest absolute Gasteiger partial charge is 0.276 e. The molecule has 3 N–H and O–H groups in total. The first-order valence-corrected chi connectivity index (χ1v) is 6.55. The summed E-state index contributed by atoms with van der Waals surface area (Å²) in [5.41, 5.74) is 6.55. The van der Waals surface area contributed by atoms with Crippen LogP contribution in [-0.4, -0.2) is 22.6 Å². The predicted octanol–water partition coefficient (Wildman–Crippen LogP) is 2.75. The Morgan fingerprint density at radius 2 is 2.05 bits per heavy atom. The van der Waals surface area contributed by atoms with E-state index in [4.69, 9.17) is 15.7 Å². The lowest BCUT2D eigenvalue weighted by Gasteiger charge is -2.22. The van der Waals surface area contributed by atoms with Gasteiger partial charge in [0.1, 0.15) is 11.6 Å². The van der Waals surface area contributed by atoms with Crippen LogP contribution in [0, 0.1) is 29.4 Å². The van der Waals surface area contributed by atoms with Gasteiger partial charge in [0.2, 0.25) is 0 Å². The van der Waals surface area contributed by atoms with Gasteiger partial charge >= 0.3 is 0 Å². The molecule has 0 unspecified atom stereocenters. The number of hydrogen-bond acceptors (Lipinski definition) is 5. The fourth-order valence-electron chi connectivity index (χ4n) is 1.85. The molecule has 0 heterocycles. The summed E-state index contributed by atoms with van der Waals surface area (Å²) in [4.78, 5) is 10.5. The number of aryl methyl sites for hydroxylation is 2. The van der Waals surface area contributed by atoms with E-state index in [9.17, 15) is 10.1 Å². The molecular weight excluding hydrogens is 274 g/mol. The average molecular weight is 295 g/mol. The van der Waals surface area contributed by atoms with Gasteiger partial charge in [-0.1, -0.05) is 19.0 Å². The Balaban J connectivity index is 2.81. The van der Waals surface area contributed by atoms with Gasteiger partial charge in [0, 0.05) is 11.0 Å². The van der Waals surface area contributed by atoms with Crippen LogP contribution in [0.2, 0.25) is 0 Å². The molecule has 0 aliphatic heterocycles. The lowest BCUT2D eigenvalue weighted by molar-refractivity contribution is -0.385. The van der Waals surface area contributed by atoms with Gasteiger partial charge in [-0.15, -0.1) is 0 Å². The van der Waals surface area contributed by atoms with Crippen LogP contribution < -0.4 is 10.5 Å². The summed E-state index contributed by atoms with van der Waals surface area (Å²) in [5, 5.41) is 22.6. The van der Waals surface area contributed by atoms with Crippen molar-refractivity contribution in [3.05, 3.63) is 33.4 Å². The summed E-state index contributed by atoms with van der Waals surface area (Å²) < 4.78 is 5.62. The predicted molar refractivity (Wildman–Crippen MR) is 79.9 cm³/mol. The van der Waals surface area contributed by atoms with Gasteiger partial charge in [0.05, 0.1) is 17.6 Å². The van der Waals surface area contributed by atoms with Gasteiger partial charge < -0.3 is 15.7 Å². The van der Waals surface area contributed by atoms with Crippen molar-refractivity contribution in [2.45, 2.75) is 34.1 Å². The van der Waals surface area contributed by atoms with Crippen LogP contribution in [0.1, 0.15) is 31.4 Å². The highest BCUT2D eigenvalue weighted by atomic mass is 16.6. The molecular formula is C14H21N3O4. The number of nitrogens with zero attached hydrogens (tertiary/aromatic N) is 2. The zero-order valence-corrected chi connectivity index (χ0v) is 12.7. The van der Waals surface area contributed by atoms with Crippen LogP contribution in [0.15, 0.2) is 17.3 Å². The summed E-state index contributed by atoms with van der Waals surface area (Å²) in [5.74, 6) is 0.598. The van der Waals surface area contributed by atoms with Gasteiger partial charge in [-0.3, -0.25) is 10.1 Å². The number of nitro groups is 1. The molecule has 0 radical (unpaired) electrons. The van der Waals surface area contributed by atoms with E-state index in [1.165, 1.54) is 6.07 Å². The molecule has 0 saturated carbocycles. The second-order valence-electron chi connectivity index (χ2n) is 5.63. The molecule has 0 saturated heterocycles. The van der Waals surface area contributed by atoms with E-state index < -0.39 is 10.3 Å². The van der Waals surface area contributed by atoms with E-state index in [0.717, 1.165) is 5.56 Å². The largest absolute Gasteiger partial charge is 0.493 e. The highest BCUT2D eigenvalue weighted by Gasteiger charge is 2.24. The minimum Gasteiger partial charge on any atom is -0.493 e. The number of benzene rings is 1. The molecule has 0 fully saturated rings. The molecule has 0 bridgehead atoms. The fourth-order valence-corrected chi connectivity index (χ4v) is 1.85. The molecule has 1 aromatic carbocycles. The Kier molecular flexibility index (Phi) is 5.12. The molecule has 1 aromatic rings. The van der Waals surface area contributed by atoms with Gasteiger partial charge in [0.15, 0.2) is 0 Å². The maximum absolute atomic E-state index is 10.9. The van der Waals surface area contributed by atoms with Gasteiger partial charge in [-0.25, -0.2) is 0 Å². The Hall–Kier alpha value is -2.31. The topological polar surface area (TPSA) is 111 Å². The van der Waals surface area contributed by atoms with Gasteiger partial charge in [-0.05, 0) is 31.9 Å². The standard InChI is InChI=1S/C14H21N3O4/c1-9-7-10(2)12(8-11(9)17(19)20)21-6-5-14(3,4)13(15)16-18/h7-8,18H,5-6H2,1-4H3,(H2,15,16). The molecule has 1 rings (SSSR count). The third-order valence-electron chi connectivity index (χ3n) is 3.48. The number of nitro benzene ring substituents is 1. The normalized spacial score (nSPS) is 12.3. The molecule has 0 aromatic heterocycles.